The average Bonchev–Trinajstić information content (AvgIpc) is 2.99. The molecule has 1 fully saturated rings. The van der Waals surface area contributed by atoms with Crippen molar-refractivity contribution in [3.63, 3.8) is 0 Å². The zero-order valence-electron chi connectivity index (χ0n) is 22.6. The molecule has 5 nitrogen and oxygen atoms in total. The van der Waals surface area contributed by atoms with Crippen LogP contribution in [0, 0.1) is 5.82 Å². The number of hydrogen-bond acceptors (Lipinski definition) is 3. The highest BCUT2D eigenvalue weighted by Gasteiger charge is 2.32. The van der Waals surface area contributed by atoms with Crippen LogP contribution in [0.25, 0.3) is 10.8 Å². The second kappa shape index (κ2) is 13.2. The first kappa shape index (κ1) is 27.4. The third-order valence-electron chi connectivity index (χ3n) is 7.59. The number of nitrogens with zero attached hydrogens (tertiary/aromatic N) is 1. The van der Waals surface area contributed by atoms with Crippen molar-refractivity contribution in [2.45, 2.75) is 57.2 Å². The molecule has 1 atom stereocenters. The van der Waals surface area contributed by atoms with Crippen LogP contribution in [0.15, 0.2) is 97.1 Å². The van der Waals surface area contributed by atoms with Gasteiger partial charge in [0.15, 0.2) is 6.61 Å². The number of rotatable bonds is 10. The van der Waals surface area contributed by atoms with E-state index < -0.39 is 6.04 Å². The van der Waals surface area contributed by atoms with E-state index in [2.05, 4.69) is 5.32 Å². The number of carbonyl (C=O) groups is 2. The quantitative estimate of drug-likeness (QED) is 0.253. The maximum atomic E-state index is 13.9. The van der Waals surface area contributed by atoms with Gasteiger partial charge < -0.3 is 15.0 Å². The Balaban J connectivity index is 1.43. The number of ether oxygens (including phenoxy) is 1. The van der Waals surface area contributed by atoms with E-state index >= 15 is 0 Å². The molecule has 0 radical (unpaired) electrons. The van der Waals surface area contributed by atoms with E-state index in [1.165, 1.54) is 18.6 Å². The second-order valence-electron chi connectivity index (χ2n) is 10.5. The van der Waals surface area contributed by atoms with Crippen molar-refractivity contribution in [2.75, 3.05) is 6.61 Å². The molecule has 0 bridgehead atoms. The predicted octanol–water partition coefficient (Wildman–Crippen LogP) is 6.45. The lowest BCUT2D eigenvalue weighted by Crippen LogP contribution is -2.53. The van der Waals surface area contributed by atoms with Gasteiger partial charge in [-0.2, -0.15) is 0 Å². The van der Waals surface area contributed by atoms with Crippen LogP contribution in [0.2, 0.25) is 0 Å². The van der Waals surface area contributed by atoms with E-state index in [0.29, 0.717) is 12.2 Å². The molecule has 4 aromatic carbocycles. The van der Waals surface area contributed by atoms with Crippen molar-refractivity contribution in [1.29, 1.82) is 0 Å². The van der Waals surface area contributed by atoms with Gasteiger partial charge in [0.2, 0.25) is 5.91 Å². The van der Waals surface area contributed by atoms with Crippen LogP contribution in [0.4, 0.5) is 4.39 Å². The van der Waals surface area contributed by atoms with Gasteiger partial charge in [-0.3, -0.25) is 9.59 Å². The number of nitrogens with one attached hydrogen (secondary N) is 1. The van der Waals surface area contributed by atoms with Gasteiger partial charge in [-0.05, 0) is 47.6 Å². The summed E-state index contributed by atoms with van der Waals surface area (Å²) in [7, 11) is 0. The number of halogens is 1. The predicted molar refractivity (Wildman–Crippen MR) is 155 cm³/mol. The lowest BCUT2D eigenvalue weighted by atomic mass is 9.94. The Bertz CT molecular complexity index is 1410. The first-order valence-corrected chi connectivity index (χ1v) is 14.1. The van der Waals surface area contributed by atoms with E-state index in [1.54, 1.807) is 17.0 Å². The van der Waals surface area contributed by atoms with E-state index in [-0.39, 0.29) is 36.8 Å². The van der Waals surface area contributed by atoms with Crippen LogP contribution in [0.5, 0.6) is 5.75 Å². The van der Waals surface area contributed by atoms with Gasteiger partial charge in [0.25, 0.3) is 5.91 Å². The summed E-state index contributed by atoms with van der Waals surface area (Å²) in [6.07, 6.45) is 5.61. The molecule has 40 heavy (non-hydrogen) atoms. The molecule has 206 valence electrons. The highest BCUT2D eigenvalue weighted by atomic mass is 19.1. The number of fused-ring (bicyclic) bond motifs is 1. The summed E-state index contributed by atoms with van der Waals surface area (Å²) in [4.78, 5) is 29.3. The van der Waals surface area contributed by atoms with Gasteiger partial charge in [-0.25, -0.2) is 4.39 Å². The summed E-state index contributed by atoms with van der Waals surface area (Å²) in [5.41, 5.74) is 1.70. The Morgan fingerprint density at radius 1 is 0.825 bits per heavy atom. The van der Waals surface area contributed by atoms with Crippen LogP contribution in [0.3, 0.4) is 0 Å². The molecule has 6 heteroatoms. The fourth-order valence-electron chi connectivity index (χ4n) is 5.43. The first-order chi connectivity index (χ1) is 19.6. The molecule has 0 saturated heterocycles. The van der Waals surface area contributed by atoms with Crippen LogP contribution in [-0.4, -0.2) is 35.4 Å². The van der Waals surface area contributed by atoms with Crippen molar-refractivity contribution in [3.8, 4) is 5.75 Å². The Kier molecular flexibility index (Phi) is 9.07. The lowest BCUT2D eigenvalue weighted by Gasteiger charge is -2.33. The van der Waals surface area contributed by atoms with Gasteiger partial charge in [0, 0.05) is 24.4 Å². The van der Waals surface area contributed by atoms with E-state index in [0.717, 1.165) is 47.6 Å². The molecule has 0 heterocycles. The smallest absolute Gasteiger partial charge is 0.261 e. The highest BCUT2D eigenvalue weighted by molar-refractivity contribution is 5.90. The monoisotopic (exact) mass is 538 g/mol. The molecule has 2 amide bonds. The second-order valence-corrected chi connectivity index (χ2v) is 10.5. The van der Waals surface area contributed by atoms with Gasteiger partial charge in [-0.15, -0.1) is 0 Å². The largest absolute Gasteiger partial charge is 0.483 e. The fourth-order valence-corrected chi connectivity index (χ4v) is 5.43. The van der Waals surface area contributed by atoms with Crippen LogP contribution >= 0.6 is 0 Å². The summed E-state index contributed by atoms with van der Waals surface area (Å²) in [6.45, 7) is -0.0647. The van der Waals surface area contributed by atoms with Gasteiger partial charge in [-0.1, -0.05) is 98.1 Å². The van der Waals surface area contributed by atoms with E-state index in [4.69, 9.17) is 4.74 Å². The zero-order valence-corrected chi connectivity index (χ0v) is 22.6. The SMILES string of the molecule is O=C(NC1CCCCC1)C(Cc1ccccc1)N(Cc1ccc(F)cc1)C(=O)COc1cccc2ccccc12. The maximum absolute atomic E-state index is 13.9. The third-order valence-corrected chi connectivity index (χ3v) is 7.59. The minimum absolute atomic E-state index is 0.106. The molecule has 0 spiro atoms. The number of carbonyl (C=O) groups excluding carboxylic acids is 2. The normalized spacial score (nSPS) is 14.4. The summed E-state index contributed by atoms with van der Waals surface area (Å²) < 4.78 is 19.8. The number of amides is 2. The third kappa shape index (κ3) is 7.06. The minimum atomic E-state index is -0.752. The summed E-state index contributed by atoms with van der Waals surface area (Å²) in [5.74, 6) is -0.218. The van der Waals surface area contributed by atoms with E-state index in [1.807, 2.05) is 72.8 Å². The van der Waals surface area contributed by atoms with Crippen molar-refractivity contribution < 1.29 is 18.7 Å². The van der Waals surface area contributed by atoms with Crippen molar-refractivity contribution in [3.05, 3.63) is 114 Å². The molecule has 1 unspecified atom stereocenters. The highest BCUT2D eigenvalue weighted by Crippen LogP contribution is 2.26. The fraction of sp³-hybridized carbons (Fsp3) is 0.294. The van der Waals surface area contributed by atoms with Crippen LogP contribution in [0.1, 0.15) is 43.2 Å². The standard InChI is InChI=1S/C34H35FN2O3/c35-28-20-18-26(19-21-28)23-37(33(38)24-40-32-17-9-13-27-12-7-8-16-30(27)32)31(22-25-10-3-1-4-11-25)34(39)36-29-14-5-2-6-15-29/h1,3-4,7-13,16-21,29,31H,2,5-6,14-15,22-24H2,(H,36,39). The molecule has 1 saturated carbocycles. The Labute approximate surface area is 235 Å². The number of hydrogen-bond donors (Lipinski definition) is 1. The van der Waals surface area contributed by atoms with Crippen LogP contribution in [-0.2, 0) is 22.6 Å². The molecule has 5 rings (SSSR count). The molecular formula is C34H35FN2O3. The summed E-state index contributed by atoms with van der Waals surface area (Å²) >= 11 is 0. The van der Waals surface area contributed by atoms with E-state index in [9.17, 15) is 14.0 Å². The molecule has 1 aliphatic rings. The summed E-state index contributed by atoms with van der Waals surface area (Å²) in [5, 5.41) is 5.17. The number of benzene rings is 4. The zero-order chi connectivity index (χ0) is 27.7. The molecule has 0 aliphatic heterocycles. The van der Waals surface area contributed by atoms with Crippen molar-refractivity contribution in [1.82, 2.24) is 10.2 Å². The Morgan fingerprint density at radius 2 is 1.52 bits per heavy atom. The van der Waals surface area contributed by atoms with Crippen molar-refractivity contribution >= 4 is 22.6 Å². The van der Waals surface area contributed by atoms with Gasteiger partial charge in [0.1, 0.15) is 17.6 Å². The lowest BCUT2D eigenvalue weighted by molar-refractivity contribution is -0.143. The van der Waals surface area contributed by atoms with Gasteiger partial charge >= 0.3 is 0 Å². The Morgan fingerprint density at radius 3 is 2.30 bits per heavy atom. The minimum Gasteiger partial charge on any atom is -0.483 e. The van der Waals surface area contributed by atoms with Crippen LogP contribution < -0.4 is 10.1 Å². The van der Waals surface area contributed by atoms with Crippen molar-refractivity contribution in [2.24, 2.45) is 0 Å². The first-order valence-electron chi connectivity index (χ1n) is 14.1. The molecule has 1 aliphatic carbocycles. The average molecular weight is 539 g/mol. The Hall–Kier alpha value is -4.19. The molecule has 4 aromatic rings. The van der Waals surface area contributed by atoms with Gasteiger partial charge in [0.05, 0.1) is 0 Å². The summed E-state index contributed by atoms with van der Waals surface area (Å²) in [6, 6.07) is 28.7. The topological polar surface area (TPSA) is 58.6 Å². The molecule has 1 N–H and O–H groups in total. The molecule has 0 aromatic heterocycles. The maximum Gasteiger partial charge on any atom is 0.261 e. The molecular weight excluding hydrogens is 503 g/mol.